The molecule has 3 aromatic rings. The summed E-state index contributed by atoms with van der Waals surface area (Å²) < 4.78 is 0. The van der Waals surface area contributed by atoms with Gasteiger partial charge in [-0.2, -0.15) is 0 Å². The maximum Gasteiger partial charge on any atom is 0.183 e. The minimum absolute atomic E-state index is 0. The first kappa shape index (κ1) is 13.3. The van der Waals surface area contributed by atoms with Crippen LogP contribution in [0.5, 0.6) is 0 Å². The zero-order valence-electron chi connectivity index (χ0n) is 10.00. The molecule has 2 heterocycles. The fraction of sp³-hybridized carbons (Fsp3) is 0.0833. The summed E-state index contributed by atoms with van der Waals surface area (Å²) in [6, 6.07) is 7.86. The monoisotopic (exact) mass is 276 g/mol. The molecule has 0 fully saturated rings. The van der Waals surface area contributed by atoms with Crippen molar-refractivity contribution in [2.45, 2.75) is 6.54 Å². The molecule has 0 amide bonds. The molecule has 0 unspecified atom stereocenters. The van der Waals surface area contributed by atoms with Gasteiger partial charge >= 0.3 is 0 Å². The van der Waals surface area contributed by atoms with Crippen molar-refractivity contribution in [2.24, 2.45) is 5.73 Å². The van der Waals surface area contributed by atoms with Gasteiger partial charge in [0.25, 0.3) is 0 Å². The van der Waals surface area contributed by atoms with Crippen LogP contribution in [0.2, 0.25) is 0 Å². The molecule has 0 saturated carbocycles. The number of nitrogens with zero attached hydrogens (tertiary/aromatic N) is 3. The molecule has 7 heteroatoms. The zero-order valence-corrected chi connectivity index (χ0v) is 10.8. The van der Waals surface area contributed by atoms with Gasteiger partial charge in [-0.05, 0) is 5.56 Å². The van der Waals surface area contributed by atoms with E-state index in [9.17, 15) is 0 Å². The van der Waals surface area contributed by atoms with Gasteiger partial charge in [0.2, 0.25) is 0 Å². The van der Waals surface area contributed by atoms with Crippen molar-refractivity contribution in [1.82, 2.24) is 19.9 Å². The summed E-state index contributed by atoms with van der Waals surface area (Å²) in [7, 11) is 0. The molecule has 5 N–H and O–H groups in total. The van der Waals surface area contributed by atoms with Crippen molar-refractivity contribution in [3.8, 4) is 11.4 Å². The number of rotatable bonds is 2. The lowest BCUT2D eigenvalue weighted by molar-refractivity contribution is 1.07. The molecule has 0 radical (unpaired) electrons. The Kier molecular flexibility index (Phi) is 3.64. The molecule has 0 aliphatic carbocycles. The fourth-order valence-electron chi connectivity index (χ4n) is 1.78. The Morgan fingerprint density at radius 3 is 2.47 bits per heavy atom. The van der Waals surface area contributed by atoms with Crippen molar-refractivity contribution in [2.75, 3.05) is 5.73 Å². The highest BCUT2D eigenvalue weighted by Crippen LogP contribution is 2.21. The van der Waals surface area contributed by atoms with Gasteiger partial charge in [-0.25, -0.2) is 15.0 Å². The molecular formula is C12H13ClN6. The Bertz CT molecular complexity index is 691. The van der Waals surface area contributed by atoms with Crippen molar-refractivity contribution in [1.29, 1.82) is 0 Å². The molecule has 98 valence electrons. The van der Waals surface area contributed by atoms with E-state index in [1.165, 1.54) is 6.33 Å². The van der Waals surface area contributed by atoms with Gasteiger partial charge in [-0.1, -0.05) is 24.3 Å². The van der Waals surface area contributed by atoms with Crippen molar-refractivity contribution in [3.05, 3.63) is 36.2 Å². The molecule has 0 aliphatic heterocycles. The van der Waals surface area contributed by atoms with Crippen LogP contribution in [0.3, 0.4) is 0 Å². The molecule has 6 nitrogen and oxygen atoms in total. The second-order valence-electron chi connectivity index (χ2n) is 3.94. The Morgan fingerprint density at radius 1 is 1.11 bits per heavy atom. The topological polar surface area (TPSA) is 106 Å². The molecule has 0 aliphatic rings. The SMILES string of the molecule is Cl.NCc1ccc(-c2nc3ncnc(N)c3[nH]2)cc1. The lowest BCUT2D eigenvalue weighted by atomic mass is 10.1. The molecule has 0 spiro atoms. The number of nitrogen functional groups attached to an aromatic ring is 1. The Morgan fingerprint density at radius 2 is 1.84 bits per heavy atom. The van der Waals surface area contributed by atoms with Crippen LogP contribution in [0.25, 0.3) is 22.6 Å². The smallest absolute Gasteiger partial charge is 0.183 e. The summed E-state index contributed by atoms with van der Waals surface area (Å²) in [5.74, 6) is 1.12. The minimum atomic E-state index is 0. The van der Waals surface area contributed by atoms with E-state index in [-0.39, 0.29) is 12.4 Å². The zero-order chi connectivity index (χ0) is 12.5. The summed E-state index contributed by atoms with van der Waals surface area (Å²) in [6.45, 7) is 0.527. The summed E-state index contributed by atoms with van der Waals surface area (Å²) in [5, 5.41) is 0. The predicted octanol–water partition coefficient (Wildman–Crippen LogP) is 1.48. The Hall–Kier alpha value is -2.18. The van der Waals surface area contributed by atoms with Crippen LogP contribution < -0.4 is 11.5 Å². The summed E-state index contributed by atoms with van der Waals surface area (Å²) in [5.41, 5.74) is 14.6. The van der Waals surface area contributed by atoms with Crippen molar-refractivity contribution < 1.29 is 0 Å². The Balaban J connectivity index is 0.00000133. The molecule has 19 heavy (non-hydrogen) atoms. The number of aromatic nitrogens is 4. The number of nitrogens with two attached hydrogens (primary N) is 2. The molecule has 0 bridgehead atoms. The standard InChI is InChI=1S/C12H12N6.ClH/c13-5-7-1-3-8(4-2-7)11-17-9-10(14)15-6-16-12(9)18-11;/h1-4,6H,5,13H2,(H3,14,15,16,17,18);1H. The number of benzene rings is 1. The van der Waals surface area contributed by atoms with Gasteiger partial charge in [0.15, 0.2) is 11.5 Å². The Labute approximate surface area is 115 Å². The van der Waals surface area contributed by atoms with Crippen LogP contribution in [0.4, 0.5) is 5.82 Å². The predicted molar refractivity (Wildman–Crippen MR) is 76.7 cm³/mol. The number of nitrogens with one attached hydrogen (secondary N) is 1. The molecule has 3 rings (SSSR count). The lowest BCUT2D eigenvalue weighted by Crippen LogP contribution is -1.95. The van der Waals surface area contributed by atoms with Crippen LogP contribution in [-0.4, -0.2) is 19.9 Å². The average molecular weight is 277 g/mol. The first-order chi connectivity index (χ1) is 8.78. The first-order valence-electron chi connectivity index (χ1n) is 5.53. The van der Waals surface area contributed by atoms with Crippen molar-refractivity contribution in [3.63, 3.8) is 0 Å². The number of imidazole rings is 1. The highest BCUT2D eigenvalue weighted by molar-refractivity contribution is 5.85. The third kappa shape index (κ3) is 2.35. The van der Waals surface area contributed by atoms with E-state index in [4.69, 9.17) is 11.5 Å². The lowest BCUT2D eigenvalue weighted by Gasteiger charge is -1.98. The van der Waals surface area contributed by atoms with E-state index in [2.05, 4.69) is 19.9 Å². The van der Waals surface area contributed by atoms with E-state index in [0.29, 0.717) is 23.5 Å². The summed E-state index contributed by atoms with van der Waals surface area (Å²) in [6.07, 6.45) is 1.40. The number of aromatic amines is 1. The summed E-state index contributed by atoms with van der Waals surface area (Å²) in [4.78, 5) is 15.5. The fourth-order valence-corrected chi connectivity index (χ4v) is 1.78. The number of H-pyrrole nitrogens is 1. The van der Waals surface area contributed by atoms with Gasteiger partial charge < -0.3 is 16.5 Å². The first-order valence-corrected chi connectivity index (χ1v) is 5.53. The van der Waals surface area contributed by atoms with Gasteiger partial charge in [-0.3, -0.25) is 0 Å². The van der Waals surface area contributed by atoms with Crippen LogP contribution in [0.1, 0.15) is 5.56 Å². The second-order valence-corrected chi connectivity index (χ2v) is 3.94. The molecule has 0 saturated heterocycles. The largest absolute Gasteiger partial charge is 0.382 e. The number of hydrogen-bond donors (Lipinski definition) is 3. The maximum absolute atomic E-state index is 5.75. The molecule has 1 aromatic carbocycles. The average Bonchev–Trinajstić information content (AvgIpc) is 2.84. The van der Waals surface area contributed by atoms with Crippen molar-refractivity contribution >= 4 is 29.4 Å². The number of fused-ring (bicyclic) bond motifs is 1. The van der Waals surface area contributed by atoms with E-state index in [0.717, 1.165) is 17.0 Å². The molecule has 0 atom stereocenters. The van der Waals surface area contributed by atoms with E-state index < -0.39 is 0 Å². The van der Waals surface area contributed by atoms with E-state index in [1.54, 1.807) is 0 Å². The van der Waals surface area contributed by atoms with Gasteiger partial charge in [-0.15, -0.1) is 12.4 Å². The normalized spacial score (nSPS) is 10.4. The van der Waals surface area contributed by atoms with E-state index in [1.807, 2.05) is 24.3 Å². The van der Waals surface area contributed by atoms with Gasteiger partial charge in [0.05, 0.1) is 0 Å². The second kappa shape index (κ2) is 5.21. The maximum atomic E-state index is 5.75. The van der Waals surface area contributed by atoms with Crippen LogP contribution in [0, 0.1) is 0 Å². The third-order valence-corrected chi connectivity index (χ3v) is 2.78. The van der Waals surface area contributed by atoms with Crippen LogP contribution >= 0.6 is 12.4 Å². The van der Waals surface area contributed by atoms with Crippen LogP contribution in [0.15, 0.2) is 30.6 Å². The summed E-state index contributed by atoms with van der Waals surface area (Å²) >= 11 is 0. The highest BCUT2D eigenvalue weighted by atomic mass is 35.5. The van der Waals surface area contributed by atoms with E-state index >= 15 is 0 Å². The van der Waals surface area contributed by atoms with Crippen LogP contribution in [-0.2, 0) is 6.54 Å². The number of halogens is 1. The number of hydrogen-bond acceptors (Lipinski definition) is 5. The number of anilines is 1. The highest BCUT2D eigenvalue weighted by Gasteiger charge is 2.08. The van der Waals surface area contributed by atoms with Gasteiger partial charge in [0.1, 0.15) is 17.7 Å². The quantitative estimate of drug-likeness (QED) is 0.657. The van der Waals surface area contributed by atoms with Gasteiger partial charge in [0, 0.05) is 12.1 Å². The molecule has 2 aromatic heterocycles. The molecular weight excluding hydrogens is 264 g/mol. The third-order valence-electron chi connectivity index (χ3n) is 2.78. The minimum Gasteiger partial charge on any atom is -0.382 e.